The Hall–Kier alpha value is -0.870. The third kappa shape index (κ3) is 2.13. The molecule has 1 fully saturated rings. The molecule has 0 radical (unpaired) electrons. The number of aromatic nitrogens is 1. The monoisotopic (exact) mass is 195 g/mol. The molecule has 1 aliphatic rings. The van der Waals surface area contributed by atoms with Crippen LogP contribution in [-0.2, 0) is 0 Å². The summed E-state index contributed by atoms with van der Waals surface area (Å²) in [6.07, 6.45) is 5.66. The minimum Gasteiger partial charge on any atom is -0.449 e. The van der Waals surface area contributed by atoms with Crippen LogP contribution in [0.15, 0.2) is 16.9 Å². The summed E-state index contributed by atoms with van der Waals surface area (Å²) in [7, 11) is 0. The first-order valence-corrected chi connectivity index (χ1v) is 5.22. The Balaban J connectivity index is 1.84. The van der Waals surface area contributed by atoms with Gasteiger partial charge in [0.25, 0.3) is 0 Å². The van der Waals surface area contributed by atoms with Crippen LogP contribution in [0.1, 0.15) is 24.7 Å². The third-order valence-electron chi connectivity index (χ3n) is 2.83. The Labute approximate surface area is 84.1 Å². The van der Waals surface area contributed by atoms with E-state index in [2.05, 4.69) is 9.88 Å². The second-order valence-electron chi connectivity index (χ2n) is 3.77. The Kier molecular flexibility index (Phi) is 3.16. The Morgan fingerprint density at radius 2 is 2.29 bits per heavy atom. The largest absolute Gasteiger partial charge is 0.449 e. The molecule has 0 aromatic carbocycles. The number of nitrogens with two attached hydrogens (primary N) is 1. The van der Waals surface area contributed by atoms with Crippen molar-refractivity contribution in [2.24, 2.45) is 5.73 Å². The summed E-state index contributed by atoms with van der Waals surface area (Å²) >= 11 is 0. The van der Waals surface area contributed by atoms with Crippen LogP contribution in [0.3, 0.4) is 0 Å². The first-order valence-electron chi connectivity index (χ1n) is 5.22. The zero-order valence-corrected chi connectivity index (χ0v) is 8.35. The van der Waals surface area contributed by atoms with Gasteiger partial charge in [-0.1, -0.05) is 0 Å². The standard InChI is InChI=1S/C10H17N3O/c11-3-7-13-5-1-9(2-6-13)10-12-4-8-14-10/h4,8-9H,1-3,5-7,11H2. The summed E-state index contributed by atoms with van der Waals surface area (Å²) in [5.41, 5.74) is 5.52. The molecule has 0 unspecified atom stereocenters. The van der Waals surface area contributed by atoms with E-state index in [1.165, 1.54) is 0 Å². The van der Waals surface area contributed by atoms with E-state index in [9.17, 15) is 0 Å². The van der Waals surface area contributed by atoms with E-state index in [-0.39, 0.29) is 0 Å². The summed E-state index contributed by atoms with van der Waals surface area (Å²) in [5.74, 6) is 1.41. The Morgan fingerprint density at radius 3 is 2.86 bits per heavy atom. The van der Waals surface area contributed by atoms with Crippen molar-refractivity contribution in [1.82, 2.24) is 9.88 Å². The van der Waals surface area contributed by atoms with Gasteiger partial charge in [-0.25, -0.2) is 4.98 Å². The van der Waals surface area contributed by atoms with E-state index in [1.807, 2.05) is 0 Å². The van der Waals surface area contributed by atoms with E-state index in [1.54, 1.807) is 12.5 Å². The van der Waals surface area contributed by atoms with Crippen molar-refractivity contribution in [2.45, 2.75) is 18.8 Å². The average molecular weight is 195 g/mol. The Morgan fingerprint density at radius 1 is 1.50 bits per heavy atom. The third-order valence-corrected chi connectivity index (χ3v) is 2.83. The number of hydrogen-bond donors (Lipinski definition) is 1. The van der Waals surface area contributed by atoms with Crippen LogP contribution in [0.2, 0.25) is 0 Å². The van der Waals surface area contributed by atoms with E-state index in [0.717, 1.165) is 44.9 Å². The summed E-state index contributed by atoms with van der Waals surface area (Å²) in [4.78, 5) is 6.60. The fourth-order valence-electron chi connectivity index (χ4n) is 2.02. The van der Waals surface area contributed by atoms with Gasteiger partial charge in [0, 0.05) is 19.0 Å². The quantitative estimate of drug-likeness (QED) is 0.775. The molecule has 2 N–H and O–H groups in total. The highest BCUT2D eigenvalue weighted by molar-refractivity contribution is 4.94. The zero-order valence-electron chi connectivity index (χ0n) is 8.35. The number of hydrogen-bond acceptors (Lipinski definition) is 4. The van der Waals surface area contributed by atoms with Gasteiger partial charge in [0.2, 0.25) is 0 Å². The lowest BCUT2D eigenvalue weighted by atomic mass is 9.97. The van der Waals surface area contributed by atoms with Gasteiger partial charge in [0.05, 0.1) is 6.20 Å². The lowest BCUT2D eigenvalue weighted by Gasteiger charge is -2.29. The van der Waals surface area contributed by atoms with Crippen molar-refractivity contribution in [2.75, 3.05) is 26.2 Å². The first-order chi connectivity index (χ1) is 6.90. The van der Waals surface area contributed by atoms with Crippen molar-refractivity contribution >= 4 is 0 Å². The van der Waals surface area contributed by atoms with Gasteiger partial charge in [0.15, 0.2) is 5.89 Å². The molecular formula is C10H17N3O. The maximum Gasteiger partial charge on any atom is 0.197 e. The predicted octanol–water partition coefficient (Wildman–Crippen LogP) is 0.813. The van der Waals surface area contributed by atoms with Gasteiger partial charge < -0.3 is 15.1 Å². The molecular weight excluding hydrogens is 178 g/mol. The maximum atomic E-state index is 5.52. The van der Waals surface area contributed by atoms with Crippen molar-refractivity contribution in [3.05, 3.63) is 18.4 Å². The minimum absolute atomic E-state index is 0.513. The number of rotatable bonds is 3. The first kappa shape index (κ1) is 9.68. The molecule has 2 rings (SSSR count). The second-order valence-corrected chi connectivity index (χ2v) is 3.77. The van der Waals surface area contributed by atoms with Gasteiger partial charge in [-0.2, -0.15) is 0 Å². The molecule has 4 heteroatoms. The lowest BCUT2D eigenvalue weighted by molar-refractivity contribution is 0.204. The molecule has 78 valence electrons. The van der Waals surface area contributed by atoms with Crippen molar-refractivity contribution in [3.63, 3.8) is 0 Å². The summed E-state index contributed by atoms with van der Waals surface area (Å²) in [6, 6.07) is 0. The van der Waals surface area contributed by atoms with Gasteiger partial charge in [-0.3, -0.25) is 0 Å². The zero-order chi connectivity index (χ0) is 9.80. The molecule has 0 aliphatic carbocycles. The maximum absolute atomic E-state index is 5.52. The van der Waals surface area contributed by atoms with Crippen LogP contribution in [0, 0.1) is 0 Å². The van der Waals surface area contributed by atoms with E-state index in [4.69, 9.17) is 10.2 Å². The molecule has 0 saturated carbocycles. The molecule has 1 aromatic heterocycles. The number of piperidine rings is 1. The van der Waals surface area contributed by atoms with Crippen molar-refractivity contribution in [1.29, 1.82) is 0 Å². The van der Waals surface area contributed by atoms with Crippen molar-refractivity contribution < 1.29 is 4.42 Å². The van der Waals surface area contributed by atoms with Crippen LogP contribution in [-0.4, -0.2) is 36.1 Å². The van der Waals surface area contributed by atoms with Crippen LogP contribution in [0.5, 0.6) is 0 Å². The second kappa shape index (κ2) is 4.57. The highest BCUT2D eigenvalue weighted by Gasteiger charge is 2.22. The van der Waals surface area contributed by atoms with Gasteiger partial charge >= 0.3 is 0 Å². The molecule has 4 nitrogen and oxygen atoms in total. The molecule has 1 saturated heterocycles. The predicted molar refractivity (Wildman–Crippen MR) is 54.0 cm³/mol. The van der Waals surface area contributed by atoms with Crippen LogP contribution >= 0.6 is 0 Å². The van der Waals surface area contributed by atoms with E-state index in [0.29, 0.717) is 5.92 Å². The molecule has 14 heavy (non-hydrogen) atoms. The van der Waals surface area contributed by atoms with E-state index >= 15 is 0 Å². The topological polar surface area (TPSA) is 55.3 Å². The summed E-state index contributed by atoms with van der Waals surface area (Å²) in [5, 5.41) is 0. The fourth-order valence-corrected chi connectivity index (χ4v) is 2.02. The molecule has 1 aliphatic heterocycles. The number of nitrogens with zero attached hydrogens (tertiary/aromatic N) is 2. The minimum atomic E-state index is 0.513. The molecule has 0 amide bonds. The average Bonchev–Trinajstić information content (AvgIpc) is 2.72. The molecule has 0 spiro atoms. The highest BCUT2D eigenvalue weighted by Crippen LogP contribution is 2.26. The normalized spacial score (nSPS) is 20.1. The molecule has 0 atom stereocenters. The van der Waals surface area contributed by atoms with Crippen LogP contribution in [0.4, 0.5) is 0 Å². The fraction of sp³-hybridized carbons (Fsp3) is 0.700. The van der Waals surface area contributed by atoms with Crippen molar-refractivity contribution in [3.8, 4) is 0 Å². The van der Waals surface area contributed by atoms with Gasteiger partial charge in [-0.05, 0) is 25.9 Å². The number of oxazole rings is 1. The highest BCUT2D eigenvalue weighted by atomic mass is 16.3. The summed E-state index contributed by atoms with van der Waals surface area (Å²) < 4.78 is 5.31. The Bertz CT molecular complexity index is 252. The molecule has 1 aromatic rings. The lowest BCUT2D eigenvalue weighted by Crippen LogP contribution is -2.36. The summed E-state index contributed by atoms with van der Waals surface area (Å²) in [6.45, 7) is 4.00. The van der Waals surface area contributed by atoms with Crippen LogP contribution in [0.25, 0.3) is 0 Å². The van der Waals surface area contributed by atoms with Gasteiger partial charge in [0.1, 0.15) is 6.26 Å². The van der Waals surface area contributed by atoms with E-state index < -0.39 is 0 Å². The smallest absolute Gasteiger partial charge is 0.197 e. The van der Waals surface area contributed by atoms with Gasteiger partial charge in [-0.15, -0.1) is 0 Å². The molecule has 0 bridgehead atoms. The molecule has 2 heterocycles. The SMILES string of the molecule is NCCN1CCC(c2ncco2)CC1. The number of likely N-dealkylation sites (tertiary alicyclic amines) is 1. The van der Waals surface area contributed by atoms with Crippen LogP contribution < -0.4 is 5.73 Å².